The van der Waals surface area contributed by atoms with Crippen LogP contribution in [0.4, 0.5) is 0 Å². The van der Waals surface area contributed by atoms with E-state index in [0.29, 0.717) is 12.8 Å². The van der Waals surface area contributed by atoms with Crippen LogP contribution in [-0.2, 0) is 28.6 Å². The van der Waals surface area contributed by atoms with E-state index in [1.165, 1.54) is 0 Å². The van der Waals surface area contributed by atoms with Gasteiger partial charge in [0.15, 0.2) is 0 Å². The molecule has 7 nitrogen and oxygen atoms in total. The molecule has 0 aliphatic heterocycles. The molecule has 0 aromatic rings. The van der Waals surface area contributed by atoms with Crippen molar-refractivity contribution in [2.45, 2.75) is 33.1 Å². The van der Waals surface area contributed by atoms with Crippen LogP contribution in [0.1, 0.15) is 33.1 Å². The lowest BCUT2D eigenvalue weighted by atomic mass is 9.83. The Morgan fingerprint density at radius 1 is 1.04 bits per heavy atom. The number of allylic oxidation sites excluding steroid dienone is 2. The predicted octanol–water partition coefficient (Wildman–Crippen LogP) is 1.80. The lowest BCUT2D eigenvalue weighted by molar-refractivity contribution is -0.159. The molecule has 3 atom stereocenters. The van der Waals surface area contributed by atoms with Crippen LogP contribution >= 0.6 is 0 Å². The maximum atomic E-state index is 12.0. The summed E-state index contributed by atoms with van der Waals surface area (Å²) in [5.41, 5.74) is 0. The van der Waals surface area contributed by atoms with E-state index >= 15 is 0 Å². The first-order chi connectivity index (χ1) is 11.5. The van der Waals surface area contributed by atoms with Crippen molar-refractivity contribution in [2.75, 3.05) is 26.4 Å². The highest BCUT2D eigenvalue weighted by Crippen LogP contribution is 2.26. The molecule has 0 spiro atoms. The number of rotatable bonds is 10. The van der Waals surface area contributed by atoms with Gasteiger partial charge in [0.2, 0.25) is 0 Å². The van der Waals surface area contributed by atoms with E-state index in [2.05, 4.69) is 0 Å². The third-order valence-electron chi connectivity index (χ3n) is 4.01. The van der Waals surface area contributed by atoms with E-state index in [-0.39, 0.29) is 38.3 Å². The van der Waals surface area contributed by atoms with E-state index in [1.807, 2.05) is 6.92 Å². The molecular formula is C17H26O7. The normalized spacial score (nSPS) is 21.1. The maximum absolute atomic E-state index is 12.0. The smallest absolute Gasteiger partial charge is 0.310 e. The van der Waals surface area contributed by atoms with Gasteiger partial charge in [-0.1, -0.05) is 26.0 Å². The van der Waals surface area contributed by atoms with Crippen molar-refractivity contribution >= 4 is 17.9 Å². The van der Waals surface area contributed by atoms with E-state index in [0.717, 1.165) is 6.42 Å². The second kappa shape index (κ2) is 10.8. The first kappa shape index (κ1) is 20.2. The third kappa shape index (κ3) is 6.70. The lowest BCUT2D eigenvalue weighted by Gasteiger charge is -2.23. The highest BCUT2D eigenvalue weighted by molar-refractivity contribution is 5.81. The fourth-order valence-corrected chi connectivity index (χ4v) is 2.27. The molecule has 24 heavy (non-hydrogen) atoms. The number of esters is 2. The molecule has 0 aromatic heterocycles. The Hall–Kier alpha value is -1.89. The minimum absolute atomic E-state index is 0.0463. The molecule has 1 aliphatic carbocycles. The van der Waals surface area contributed by atoms with Gasteiger partial charge < -0.3 is 19.3 Å². The zero-order valence-corrected chi connectivity index (χ0v) is 14.2. The van der Waals surface area contributed by atoms with Gasteiger partial charge in [0.1, 0.15) is 13.2 Å². The van der Waals surface area contributed by atoms with E-state index in [9.17, 15) is 14.4 Å². The summed E-state index contributed by atoms with van der Waals surface area (Å²) in [6, 6.07) is 0. The molecule has 0 heterocycles. The fourth-order valence-electron chi connectivity index (χ4n) is 2.27. The van der Waals surface area contributed by atoms with Crippen LogP contribution in [0, 0.1) is 17.8 Å². The highest BCUT2D eigenvalue weighted by Gasteiger charge is 2.34. The molecule has 0 amide bonds. The Morgan fingerprint density at radius 3 is 2.21 bits per heavy atom. The van der Waals surface area contributed by atoms with Crippen LogP contribution in [0.5, 0.6) is 0 Å². The highest BCUT2D eigenvalue weighted by atomic mass is 16.6. The summed E-state index contributed by atoms with van der Waals surface area (Å²) in [6.45, 7) is 4.31. The minimum atomic E-state index is -0.985. The summed E-state index contributed by atoms with van der Waals surface area (Å²) < 4.78 is 15.3. The van der Waals surface area contributed by atoms with Gasteiger partial charge in [0.25, 0.3) is 0 Å². The number of carboxylic acid groups (broad SMARTS) is 1. The van der Waals surface area contributed by atoms with Crippen molar-refractivity contribution in [2.24, 2.45) is 17.8 Å². The van der Waals surface area contributed by atoms with Crippen LogP contribution in [0.25, 0.3) is 0 Å². The molecule has 0 radical (unpaired) electrons. The van der Waals surface area contributed by atoms with Gasteiger partial charge in [-0.15, -0.1) is 0 Å². The average Bonchev–Trinajstić information content (AvgIpc) is 2.59. The largest absolute Gasteiger partial charge is 0.481 e. The fraction of sp³-hybridized carbons (Fsp3) is 0.706. The van der Waals surface area contributed by atoms with Gasteiger partial charge in [0.05, 0.1) is 31.0 Å². The summed E-state index contributed by atoms with van der Waals surface area (Å²) in [5.74, 6) is -3.26. The quantitative estimate of drug-likeness (QED) is 0.367. The Balaban J connectivity index is 2.14. The van der Waals surface area contributed by atoms with Gasteiger partial charge >= 0.3 is 17.9 Å². The molecule has 136 valence electrons. The molecule has 1 aliphatic rings. The second-order valence-electron chi connectivity index (χ2n) is 5.75. The first-order valence-corrected chi connectivity index (χ1v) is 8.26. The Morgan fingerprint density at radius 2 is 1.62 bits per heavy atom. The summed E-state index contributed by atoms with van der Waals surface area (Å²) in [4.78, 5) is 34.5. The first-order valence-electron chi connectivity index (χ1n) is 8.26. The molecule has 1 rings (SSSR count). The number of hydrogen-bond donors (Lipinski definition) is 1. The van der Waals surface area contributed by atoms with Gasteiger partial charge in [-0.05, 0) is 19.3 Å². The van der Waals surface area contributed by atoms with Gasteiger partial charge in [-0.2, -0.15) is 0 Å². The van der Waals surface area contributed by atoms with Crippen LogP contribution in [0.2, 0.25) is 0 Å². The van der Waals surface area contributed by atoms with Crippen molar-refractivity contribution in [1.82, 2.24) is 0 Å². The monoisotopic (exact) mass is 342 g/mol. The molecule has 3 unspecified atom stereocenters. The molecule has 7 heteroatoms. The second-order valence-corrected chi connectivity index (χ2v) is 5.75. The molecule has 0 saturated heterocycles. The summed E-state index contributed by atoms with van der Waals surface area (Å²) in [6.07, 6.45) is 5.01. The van der Waals surface area contributed by atoms with Gasteiger partial charge in [-0.3, -0.25) is 14.4 Å². The summed E-state index contributed by atoms with van der Waals surface area (Å²) >= 11 is 0. The van der Waals surface area contributed by atoms with Crippen molar-refractivity contribution < 1.29 is 33.7 Å². The average molecular weight is 342 g/mol. The van der Waals surface area contributed by atoms with Crippen molar-refractivity contribution in [3.05, 3.63) is 12.2 Å². The van der Waals surface area contributed by atoms with Crippen LogP contribution in [0.15, 0.2) is 12.2 Å². The standard InChI is InChI=1S/C17H26O7/c1-3-12(2)16(20)23-10-8-22-9-11-24-17(21)14-7-5-4-6-13(14)15(18)19/h4-5,12-14H,3,6-11H2,1-2H3,(H,18,19). The summed E-state index contributed by atoms with van der Waals surface area (Å²) in [5, 5.41) is 9.12. The molecule has 0 bridgehead atoms. The zero-order valence-electron chi connectivity index (χ0n) is 14.2. The van der Waals surface area contributed by atoms with Crippen LogP contribution < -0.4 is 0 Å². The van der Waals surface area contributed by atoms with Crippen molar-refractivity contribution in [1.29, 1.82) is 0 Å². The predicted molar refractivity (Wildman–Crippen MR) is 85.2 cm³/mol. The van der Waals surface area contributed by atoms with Gasteiger partial charge in [0, 0.05) is 0 Å². The Labute approximate surface area is 142 Å². The number of carbonyl (C=O) groups is 3. The van der Waals surface area contributed by atoms with E-state index < -0.39 is 23.8 Å². The lowest BCUT2D eigenvalue weighted by Crippen LogP contribution is -2.32. The molecular weight excluding hydrogens is 316 g/mol. The van der Waals surface area contributed by atoms with Gasteiger partial charge in [-0.25, -0.2) is 0 Å². The molecule has 0 fully saturated rings. The maximum Gasteiger partial charge on any atom is 0.310 e. The topological polar surface area (TPSA) is 99.1 Å². The zero-order chi connectivity index (χ0) is 17.9. The summed E-state index contributed by atoms with van der Waals surface area (Å²) in [7, 11) is 0. The third-order valence-corrected chi connectivity index (χ3v) is 4.01. The van der Waals surface area contributed by atoms with Crippen molar-refractivity contribution in [3.63, 3.8) is 0 Å². The van der Waals surface area contributed by atoms with Crippen molar-refractivity contribution in [3.8, 4) is 0 Å². The SMILES string of the molecule is CCC(C)C(=O)OCCOCCOC(=O)C1CC=CCC1C(=O)O. The molecule has 1 N–H and O–H groups in total. The van der Waals surface area contributed by atoms with E-state index in [1.54, 1.807) is 19.1 Å². The number of hydrogen-bond acceptors (Lipinski definition) is 6. The number of ether oxygens (including phenoxy) is 3. The van der Waals surface area contributed by atoms with E-state index in [4.69, 9.17) is 19.3 Å². The Kier molecular flexibility index (Phi) is 9.07. The number of aliphatic carboxylic acids is 1. The van der Waals surface area contributed by atoms with Crippen LogP contribution in [-0.4, -0.2) is 49.4 Å². The van der Waals surface area contributed by atoms with Crippen LogP contribution in [0.3, 0.4) is 0 Å². The number of carboxylic acids is 1. The molecule has 0 saturated carbocycles. The number of carbonyl (C=O) groups excluding carboxylic acids is 2. The Bertz CT molecular complexity index is 458. The molecule has 0 aromatic carbocycles. The minimum Gasteiger partial charge on any atom is -0.481 e.